The first-order valence-corrected chi connectivity index (χ1v) is 7.14. The standard InChI is InChI=1S/C11H11ClFNO2S/c12-9-1-2-11(13)8(5-9)6-14-10-3-4-17(15,16)7-10/h1-5,10,14H,6-7H2. The van der Waals surface area contributed by atoms with Crippen molar-refractivity contribution in [1.82, 2.24) is 5.32 Å². The highest BCUT2D eigenvalue weighted by Gasteiger charge is 2.21. The van der Waals surface area contributed by atoms with Crippen molar-refractivity contribution in [3.8, 4) is 0 Å². The SMILES string of the molecule is O=S1(=O)C=CC(NCc2cc(Cl)ccc2F)C1. The summed E-state index contributed by atoms with van der Waals surface area (Å²) in [7, 11) is -3.08. The third-order valence-electron chi connectivity index (χ3n) is 2.49. The smallest absolute Gasteiger partial charge is 0.173 e. The Kier molecular flexibility index (Phi) is 3.51. The molecule has 1 aliphatic heterocycles. The van der Waals surface area contributed by atoms with Crippen LogP contribution in [0, 0.1) is 5.82 Å². The molecule has 1 N–H and O–H groups in total. The summed E-state index contributed by atoms with van der Waals surface area (Å²) in [5, 5.41) is 4.59. The van der Waals surface area contributed by atoms with E-state index in [-0.39, 0.29) is 24.2 Å². The maximum atomic E-state index is 13.4. The van der Waals surface area contributed by atoms with Gasteiger partial charge >= 0.3 is 0 Å². The van der Waals surface area contributed by atoms with E-state index in [9.17, 15) is 12.8 Å². The fraction of sp³-hybridized carbons (Fsp3) is 0.273. The van der Waals surface area contributed by atoms with Crippen molar-refractivity contribution in [2.45, 2.75) is 12.6 Å². The lowest BCUT2D eigenvalue weighted by molar-refractivity contribution is 0.568. The Morgan fingerprint density at radius 2 is 2.24 bits per heavy atom. The van der Waals surface area contributed by atoms with Gasteiger partial charge in [0.2, 0.25) is 0 Å². The molecule has 0 radical (unpaired) electrons. The molecule has 0 spiro atoms. The van der Waals surface area contributed by atoms with Crippen LogP contribution >= 0.6 is 11.6 Å². The molecule has 0 aromatic heterocycles. The van der Waals surface area contributed by atoms with E-state index in [0.717, 1.165) is 0 Å². The van der Waals surface area contributed by atoms with Crippen LogP contribution < -0.4 is 5.32 Å². The molecule has 1 unspecified atom stereocenters. The maximum Gasteiger partial charge on any atom is 0.173 e. The third-order valence-corrected chi connectivity index (χ3v) is 4.12. The third kappa shape index (κ3) is 3.28. The molecule has 0 aliphatic carbocycles. The second-order valence-electron chi connectivity index (χ2n) is 3.88. The average Bonchev–Trinajstić information content (AvgIpc) is 2.60. The van der Waals surface area contributed by atoms with Gasteiger partial charge < -0.3 is 5.32 Å². The number of rotatable bonds is 3. The quantitative estimate of drug-likeness (QED) is 0.916. The van der Waals surface area contributed by atoms with Crippen molar-refractivity contribution >= 4 is 21.4 Å². The predicted molar refractivity (Wildman–Crippen MR) is 65.0 cm³/mol. The summed E-state index contributed by atoms with van der Waals surface area (Å²) in [5.74, 6) is -0.332. The molecule has 0 saturated heterocycles. The molecule has 1 heterocycles. The Hall–Kier alpha value is -0.910. The van der Waals surface area contributed by atoms with Gasteiger partial charge in [-0.15, -0.1) is 0 Å². The molecule has 1 aliphatic rings. The van der Waals surface area contributed by atoms with E-state index in [0.29, 0.717) is 10.6 Å². The average molecular weight is 276 g/mol. The number of sulfone groups is 1. The first-order chi connectivity index (χ1) is 7.96. The Morgan fingerprint density at radius 1 is 1.47 bits per heavy atom. The number of halogens is 2. The van der Waals surface area contributed by atoms with Gasteiger partial charge in [0.1, 0.15) is 5.82 Å². The van der Waals surface area contributed by atoms with E-state index >= 15 is 0 Å². The zero-order valence-corrected chi connectivity index (χ0v) is 10.4. The van der Waals surface area contributed by atoms with Gasteiger partial charge in [-0.25, -0.2) is 12.8 Å². The molecule has 1 aromatic carbocycles. The minimum atomic E-state index is -3.08. The number of benzene rings is 1. The molecule has 2 rings (SSSR count). The van der Waals surface area contributed by atoms with Gasteiger partial charge in [-0.05, 0) is 18.2 Å². The van der Waals surface area contributed by atoms with E-state index in [1.54, 1.807) is 6.08 Å². The lowest BCUT2D eigenvalue weighted by Gasteiger charge is -2.10. The lowest BCUT2D eigenvalue weighted by atomic mass is 10.2. The molecular weight excluding hydrogens is 265 g/mol. The Bertz CT molecular complexity index is 557. The minimum Gasteiger partial charge on any atom is -0.305 e. The highest BCUT2D eigenvalue weighted by atomic mass is 35.5. The molecule has 17 heavy (non-hydrogen) atoms. The van der Waals surface area contributed by atoms with Crippen LogP contribution in [0.2, 0.25) is 5.02 Å². The number of hydrogen-bond donors (Lipinski definition) is 1. The second-order valence-corrected chi connectivity index (χ2v) is 6.25. The normalized spacial score (nSPS) is 21.9. The van der Waals surface area contributed by atoms with Crippen LogP contribution in [0.1, 0.15) is 5.56 Å². The van der Waals surface area contributed by atoms with Gasteiger partial charge in [0.15, 0.2) is 9.84 Å². The summed E-state index contributed by atoms with van der Waals surface area (Å²) in [6.45, 7) is 0.247. The Labute approximate surface area is 104 Å². The molecule has 0 amide bonds. The van der Waals surface area contributed by atoms with E-state index in [1.807, 2.05) is 0 Å². The van der Waals surface area contributed by atoms with E-state index < -0.39 is 9.84 Å². The molecule has 92 valence electrons. The molecule has 1 atom stereocenters. The summed E-state index contributed by atoms with van der Waals surface area (Å²) in [5.41, 5.74) is 0.426. The molecule has 0 bridgehead atoms. The monoisotopic (exact) mass is 275 g/mol. The predicted octanol–water partition coefficient (Wildman–Crippen LogP) is 1.88. The Morgan fingerprint density at radius 3 is 2.88 bits per heavy atom. The van der Waals surface area contributed by atoms with Gasteiger partial charge in [0.05, 0.1) is 5.75 Å². The fourth-order valence-electron chi connectivity index (χ4n) is 1.62. The highest BCUT2D eigenvalue weighted by Crippen LogP contribution is 2.15. The van der Waals surface area contributed by atoms with Crippen molar-refractivity contribution in [2.24, 2.45) is 0 Å². The molecular formula is C11H11ClFNO2S. The van der Waals surface area contributed by atoms with Crippen LogP contribution in [-0.2, 0) is 16.4 Å². The van der Waals surface area contributed by atoms with Crippen LogP contribution in [-0.4, -0.2) is 20.2 Å². The highest BCUT2D eigenvalue weighted by molar-refractivity contribution is 7.94. The van der Waals surface area contributed by atoms with Crippen molar-refractivity contribution in [3.63, 3.8) is 0 Å². The summed E-state index contributed by atoms with van der Waals surface area (Å²) >= 11 is 5.75. The van der Waals surface area contributed by atoms with Gasteiger partial charge in [-0.1, -0.05) is 17.7 Å². The first kappa shape index (κ1) is 12.5. The summed E-state index contributed by atoms with van der Waals surface area (Å²) in [4.78, 5) is 0. The maximum absolute atomic E-state index is 13.4. The van der Waals surface area contributed by atoms with Gasteiger partial charge in [0, 0.05) is 28.6 Å². The van der Waals surface area contributed by atoms with Crippen molar-refractivity contribution in [3.05, 3.63) is 46.1 Å². The van der Waals surface area contributed by atoms with E-state index in [1.165, 1.54) is 23.6 Å². The molecule has 0 saturated carbocycles. The van der Waals surface area contributed by atoms with Crippen molar-refractivity contribution in [1.29, 1.82) is 0 Å². The molecule has 3 nitrogen and oxygen atoms in total. The lowest BCUT2D eigenvalue weighted by Crippen LogP contribution is -2.29. The first-order valence-electron chi connectivity index (χ1n) is 5.04. The van der Waals surface area contributed by atoms with Crippen LogP contribution in [0.5, 0.6) is 0 Å². The number of hydrogen-bond acceptors (Lipinski definition) is 3. The van der Waals surface area contributed by atoms with Crippen LogP contribution in [0.4, 0.5) is 4.39 Å². The van der Waals surface area contributed by atoms with Crippen molar-refractivity contribution in [2.75, 3.05) is 5.75 Å². The molecule has 6 heteroatoms. The minimum absolute atomic E-state index is 0.0230. The summed E-state index contributed by atoms with van der Waals surface area (Å²) in [6, 6.07) is 4.02. The zero-order chi connectivity index (χ0) is 12.5. The number of nitrogens with one attached hydrogen (secondary N) is 1. The molecule has 1 aromatic rings. The fourth-order valence-corrected chi connectivity index (χ4v) is 3.09. The van der Waals surface area contributed by atoms with E-state index in [2.05, 4.69) is 5.32 Å². The second kappa shape index (κ2) is 4.76. The largest absolute Gasteiger partial charge is 0.305 e. The van der Waals surface area contributed by atoms with E-state index in [4.69, 9.17) is 11.6 Å². The zero-order valence-electron chi connectivity index (χ0n) is 8.86. The molecule has 0 fully saturated rings. The topological polar surface area (TPSA) is 46.2 Å². The van der Waals surface area contributed by atoms with Crippen LogP contribution in [0.25, 0.3) is 0 Å². The van der Waals surface area contributed by atoms with Gasteiger partial charge in [0.25, 0.3) is 0 Å². The van der Waals surface area contributed by atoms with Crippen LogP contribution in [0.15, 0.2) is 29.7 Å². The summed E-state index contributed by atoms with van der Waals surface area (Å²) in [6.07, 6.45) is 1.57. The van der Waals surface area contributed by atoms with Crippen molar-refractivity contribution < 1.29 is 12.8 Å². The summed E-state index contributed by atoms with van der Waals surface area (Å²) < 4.78 is 35.7. The Balaban J connectivity index is 1.99. The van der Waals surface area contributed by atoms with Crippen LogP contribution in [0.3, 0.4) is 0 Å². The van der Waals surface area contributed by atoms with Gasteiger partial charge in [-0.2, -0.15) is 0 Å². The van der Waals surface area contributed by atoms with Gasteiger partial charge in [-0.3, -0.25) is 0 Å².